The van der Waals surface area contributed by atoms with E-state index in [-0.39, 0.29) is 0 Å². The van der Waals surface area contributed by atoms with Crippen LogP contribution in [-0.2, 0) is 10.0 Å². The first kappa shape index (κ1) is 15.1. The van der Waals surface area contributed by atoms with Gasteiger partial charge in [0, 0.05) is 32.4 Å². The lowest BCUT2D eigenvalue weighted by atomic mass is 10.3. The minimum atomic E-state index is -3.35. The van der Waals surface area contributed by atoms with Crippen molar-refractivity contribution in [1.29, 1.82) is 0 Å². The monoisotopic (exact) mass is 297 g/mol. The van der Waals surface area contributed by atoms with Crippen molar-refractivity contribution in [3.05, 3.63) is 24.3 Å². The second-order valence-electron chi connectivity index (χ2n) is 5.58. The van der Waals surface area contributed by atoms with Crippen molar-refractivity contribution >= 4 is 21.4 Å². The first-order chi connectivity index (χ1) is 9.38. The van der Waals surface area contributed by atoms with Gasteiger partial charge in [0.15, 0.2) is 0 Å². The van der Waals surface area contributed by atoms with Crippen LogP contribution >= 0.6 is 0 Å². The zero-order chi connectivity index (χ0) is 14.8. The van der Waals surface area contributed by atoms with Gasteiger partial charge in [0.25, 0.3) is 0 Å². The van der Waals surface area contributed by atoms with Crippen molar-refractivity contribution in [3.63, 3.8) is 0 Å². The van der Waals surface area contributed by atoms with E-state index < -0.39 is 15.3 Å². The summed E-state index contributed by atoms with van der Waals surface area (Å²) >= 11 is 0. The number of nitrogens with one attached hydrogen (secondary N) is 2. The van der Waals surface area contributed by atoms with E-state index in [1.165, 1.54) is 0 Å². The van der Waals surface area contributed by atoms with Crippen molar-refractivity contribution in [2.75, 3.05) is 30.3 Å². The van der Waals surface area contributed by atoms with Crippen LogP contribution < -0.4 is 14.9 Å². The molecular weight excluding hydrogens is 274 g/mol. The van der Waals surface area contributed by atoms with Crippen molar-refractivity contribution in [2.24, 2.45) is 0 Å². The summed E-state index contributed by atoms with van der Waals surface area (Å²) < 4.78 is 27.2. The van der Waals surface area contributed by atoms with E-state index in [2.05, 4.69) is 10.0 Å². The average molecular weight is 297 g/mol. The fourth-order valence-electron chi connectivity index (χ4n) is 1.84. The Kier molecular flexibility index (Phi) is 4.55. The van der Waals surface area contributed by atoms with Gasteiger partial charge in [-0.05, 0) is 38.0 Å². The van der Waals surface area contributed by atoms with Gasteiger partial charge in [-0.15, -0.1) is 0 Å². The highest BCUT2D eigenvalue weighted by molar-refractivity contribution is 7.93. The number of sulfonamides is 1. The van der Waals surface area contributed by atoms with E-state index in [9.17, 15) is 8.42 Å². The van der Waals surface area contributed by atoms with Gasteiger partial charge in [-0.2, -0.15) is 0 Å². The van der Waals surface area contributed by atoms with Gasteiger partial charge >= 0.3 is 0 Å². The predicted octanol–water partition coefficient (Wildman–Crippen LogP) is 1.63. The molecule has 1 aliphatic carbocycles. The largest absolute Gasteiger partial charge is 0.378 e. The van der Waals surface area contributed by atoms with Crippen LogP contribution in [0.3, 0.4) is 0 Å². The highest BCUT2D eigenvalue weighted by Gasteiger charge is 2.25. The van der Waals surface area contributed by atoms with Crippen LogP contribution in [0.25, 0.3) is 0 Å². The summed E-state index contributed by atoms with van der Waals surface area (Å²) in [4.78, 5) is 1.94. The molecule has 0 aromatic heterocycles. The lowest BCUT2D eigenvalue weighted by molar-refractivity contribution is 0.576. The third kappa shape index (κ3) is 4.11. The number of rotatable bonds is 7. The fraction of sp³-hybridized carbons (Fsp3) is 0.571. The summed E-state index contributed by atoms with van der Waals surface area (Å²) in [7, 11) is 0.498. The van der Waals surface area contributed by atoms with E-state index in [1.54, 1.807) is 13.0 Å². The van der Waals surface area contributed by atoms with E-state index in [0.717, 1.165) is 18.5 Å². The molecule has 2 N–H and O–H groups in total. The third-order valence-electron chi connectivity index (χ3n) is 3.42. The molecule has 0 amide bonds. The van der Waals surface area contributed by atoms with Crippen molar-refractivity contribution < 1.29 is 8.42 Å². The number of benzene rings is 1. The Morgan fingerprint density at radius 3 is 2.65 bits per heavy atom. The molecule has 0 heterocycles. The molecule has 6 heteroatoms. The summed E-state index contributed by atoms with van der Waals surface area (Å²) in [6.07, 6.45) is 2.32. The van der Waals surface area contributed by atoms with E-state index in [1.807, 2.05) is 37.2 Å². The first-order valence-corrected chi connectivity index (χ1v) is 8.45. The van der Waals surface area contributed by atoms with Crippen molar-refractivity contribution in [3.8, 4) is 0 Å². The Hall–Kier alpha value is -1.27. The molecule has 0 saturated heterocycles. The highest BCUT2D eigenvalue weighted by atomic mass is 32.2. The molecule has 1 aliphatic rings. The van der Waals surface area contributed by atoms with Crippen molar-refractivity contribution in [1.82, 2.24) is 5.32 Å². The smallest absolute Gasteiger partial charge is 0.236 e. The van der Waals surface area contributed by atoms with Gasteiger partial charge in [-0.3, -0.25) is 4.72 Å². The lowest BCUT2D eigenvalue weighted by Gasteiger charge is -2.17. The van der Waals surface area contributed by atoms with Crippen LogP contribution in [-0.4, -0.2) is 40.3 Å². The van der Waals surface area contributed by atoms with E-state index in [4.69, 9.17) is 0 Å². The van der Waals surface area contributed by atoms with Gasteiger partial charge in [-0.1, -0.05) is 6.07 Å². The zero-order valence-corrected chi connectivity index (χ0v) is 13.1. The Bertz CT molecular complexity index is 553. The Labute approximate surface area is 121 Å². The van der Waals surface area contributed by atoms with Gasteiger partial charge in [-0.25, -0.2) is 8.42 Å². The maximum absolute atomic E-state index is 12.2. The first-order valence-electron chi connectivity index (χ1n) is 6.91. The number of nitrogens with zero attached hydrogens (tertiary/aromatic N) is 1. The van der Waals surface area contributed by atoms with Crippen LogP contribution in [0, 0.1) is 0 Å². The maximum Gasteiger partial charge on any atom is 0.236 e. The van der Waals surface area contributed by atoms with Gasteiger partial charge in [0.2, 0.25) is 10.0 Å². The minimum Gasteiger partial charge on any atom is -0.378 e. The summed E-state index contributed by atoms with van der Waals surface area (Å²) in [5, 5.41) is 2.80. The second-order valence-corrected chi connectivity index (χ2v) is 7.68. The molecule has 1 aromatic rings. The molecule has 0 spiro atoms. The molecule has 0 bridgehead atoms. The predicted molar refractivity (Wildman–Crippen MR) is 83.8 cm³/mol. The standard InChI is InChI=1S/C14H23N3O2S/c1-11(10-15-12-7-8-12)20(18,19)16-13-5-4-6-14(9-13)17(2)3/h4-6,9,11-12,15-16H,7-8,10H2,1-3H3. The minimum absolute atomic E-state index is 0.453. The molecule has 5 nitrogen and oxygen atoms in total. The highest BCUT2D eigenvalue weighted by Crippen LogP contribution is 2.21. The molecule has 0 radical (unpaired) electrons. The molecular formula is C14H23N3O2S. The molecule has 2 rings (SSSR count). The maximum atomic E-state index is 12.2. The molecule has 20 heavy (non-hydrogen) atoms. The summed E-state index contributed by atoms with van der Waals surface area (Å²) in [6.45, 7) is 2.22. The normalized spacial score (nSPS) is 16.8. The Morgan fingerprint density at radius 1 is 1.35 bits per heavy atom. The van der Waals surface area contributed by atoms with Gasteiger partial charge in [0.05, 0.1) is 10.9 Å². The summed E-state index contributed by atoms with van der Waals surface area (Å²) in [5.41, 5.74) is 1.57. The molecule has 1 aromatic carbocycles. The van der Waals surface area contributed by atoms with Gasteiger partial charge in [0.1, 0.15) is 0 Å². The van der Waals surface area contributed by atoms with Gasteiger partial charge < -0.3 is 10.2 Å². The molecule has 1 fully saturated rings. The van der Waals surface area contributed by atoms with Crippen LogP contribution in [0.5, 0.6) is 0 Å². The number of hydrogen-bond acceptors (Lipinski definition) is 4. The number of anilines is 2. The Balaban J connectivity index is 2.00. The topological polar surface area (TPSA) is 61.4 Å². The van der Waals surface area contributed by atoms with Crippen LogP contribution in [0.1, 0.15) is 19.8 Å². The number of hydrogen-bond donors (Lipinski definition) is 2. The fourth-order valence-corrected chi connectivity index (χ4v) is 2.81. The third-order valence-corrected chi connectivity index (χ3v) is 5.17. The quantitative estimate of drug-likeness (QED) is 0.803. The molecule has 112 valence electrons. The molecule has 1 unspecified atom stereocenters. The summed E-state index contributed by atoms with van der Waals surface area (Å²) in [5.74, 6) is 0. The molecule has 0 aliphatic heterocycles. The molecule has 1 atom stereocenters. The van der Waals surface area contributed by atoms with E-state index >= 15 is 0 Å². The summed E-state index contributed by atoms with van der Waals surface area (Å²) in [6, 6.07) is 7.91. The van der Waals surface area contributed by atoms with Crippen molar-refractivity contribution in [2.45, 2.75) is 31.1 Å². The Morgan fingerprint density at radius 2 is 2.05 bits per heavy atom. The van der Waals surface area contributed by atoms with E-state index in [0.29, 0.717) is 18.3 Å². The van der Waals surface area contributed by atoms with Crippen LogP contribution in [0.15, 0.2) is 24.3 Å². The van der Waals surface area contributed by atoms with Crippen LogP contribution in [0.4, 0.5) is 11.4 Å². The second kappa shape index (κ2) is 6.01. The average Bonchev–Trinajstić information content (AvgIpc) is 3.19. The SMILES string of the molecule is CC(CNC1CC1)S(=O)(=O)Nc1cccc(N(C)C)c1. The lowest BCUT2D eigenvalue weighted by Crippen LogP contribution is -2.35. The zero-order valence-electron chi connectivity index (χ0n) is 12.3. The van der Waals surface area contributed by atoms with Crippen LogP contribution in [0.2, 0.25) is 0 Å². The molecule has 1 saturated carbocycles.